The quantitative estimate of drug-likeness (QED) is 0.354. The van der Waals surface area contributed by atoms with Crippen molar-refractivity contribution in [2.24, 2.45) is 0 Å². The molecule has 0 unspecified atom stereocenters. The number of hydrogen-bond acceptors (Lipinski definition) is 8. The van der Waals surface area contributed by atoms with E-state index in [4.69, 9.17) is 23.7 Å². The third-order valence-corrected chi connectivity index (χ3v) is 5.80. The number of hydrogen-bond donors (Lipinski definition) is 0. The number of anilines is 1. The molecule has 1 heterocycles. The second kappa shape index (κ2) is 12.6. The number of esters is 1. The third kappa shape index (κ3) is 6.91. The highest BCUT2D eigenvalue weighted by atomic mass is 16.7. The van der Waals surface area contributed by atoms with E-state index in [2.05, 4.69) is 29.0 Å². The predicted octanol–water partition coefficient (Wildman–Crippen LogP) is 3.33. The van der Waals surface area contributed by atoms with Gasteiger partial charge in [0.1, 0.15) is 12.5 Å². The van der Waals surface area contributed by atoms with E-state index in [-0.39, 0.29) is 24.9 Å². The lowest BCUT2D eigenvalue weighted by molar-refractivity contribution is -0.0679. The molecule has 2 aromatic carbocycles. The number of methoxy groups -OCH3 is 3. The van der Waals surface area contributed by atoms with E-state index in [1.165, 1.54) is 7.11 Å². The van der Waals surface area contributed by atoms with Crippen LogP contribution in [0.4, 0.5) is 5.69 Å². The van der Waals surface area contributed by atoms with Crippen LogP contribution in [-0.2, 0) is 18.9 Å². The summed E-state index contributed by atoms with van der Waals surface area (Å²) in [5.41, 5.74) is 2.71. The molecule has 2 atom stereocenters. The molecule has 1 aliphatic rings. The Kier molecular flexibility index (Phi) is 9.50. The zero-order valence-electron chi connectivity index (χ0n) is 19.9. The maximum absolute atomic E-state index is 11.8. The molecule has 0 bridgehead atoms. The minimum absolute atomic E-state index is 0.123. The highest BCUT2D eigenvalue weighted by molar-refractivity contribution is 5.89. The summed E-state index contributed by atoms with van der Waals surface area (Å²) in [4.78, 5) is 16.4. The van der Waals surface area contributed by atoms with Crippen molar-refractivity contribution in [1.29, 1.82) is 0 Å². The Labute approximate surface area is 195 Å². The first-order chi connectivity index (χ1) is 16.0. The second-order valence-electron chi connectivity index (χ2n) is 8.04. The number of likely N-dealkylation sites (tertiary alicyclic amines) is 1. The SMILES string of the molecule is COCOc1cccc([C@@H](CN(C)c2ccc(C(=O)OC)cc2)N2CC[C@H](OCOC)C2)c1. The molecule has 0 aliphatic carbocycles. The molecule has 8 nitrogen and oxygen atoms in total. The van der Waals surface area contributed by atoms with Gasteiger partial charge in [0.25, 0.3) is 0 Å². The Morgan fingerprint density at radius 3 is 2.55 bits per heavy atom. The second-order valence-corrected chi connectivity index (χ2v) is 8.04. The molecule has 0 N–H and O–H groups in total. The van der Waals surface area contributed by atoms with Gasteiger partial charge < -0.3 is 28.6 Å². The average molecular weight is 459 g/mol. The van der Waals surface area contributed by atoms with Crippen molar-refractivity contribution < 1.29 is 28.5 Å². The number of benzene rings is 2. The maximum atomic E-state index is 11.8. The van der Waals surface area contributed by atoms with Crippen molar-refractivity contribution in [2.75, 3.05) is 66.5 Å². The van der Waals surface area contributed by atoms with E-state index in [0.717, 1.165) is 43.1 Å². The fraction of sp³-hybridized carbons (Fsp3) is 0.480. The molecular formula is C25H34N2O6. The Morgan fingerprint density at radius 1 is 1.09 bits per heavy atom. The molecule has 0 spiro atoms. The molecule has 3 rings (SSSR count). The van der Waals surface area contributed by atoms with Gasteiger partial charge in [-0.05, 0) is 48.4 Å². The van der Waals surface area contributed by atoms with Crippen LogP contribution in [0.1, 0.15) is 28.4 Å². The van der Waals surface area contributed by atoms with Crippen LogP contribution < -0.4 is 9.64 Å². The highest BCUT2D eigenvalue weighted by Gasteiger charge is 2.31. The van der Waals surface area contributed by atoms with E-state index < -0.39 is 0 Å². The molecule has 8 heteroatoms. The van der Waals surface area contributed by atoms with Gasteiger partial charge in [-0.2, -0.15) is 0 Å². The van der Waals surface area contributed by atoms with Crippen LogP contribution >= 0.6 is 0 Å². The molecule has 2 aromatic rings. The number of ether oxygens (including phenoxy) is 5. The first kappa shape index (κ1) is 25.0. The minimum Gasteiger partial charge on any atom is -0.468 e. The molecular weight excluding hydrogens is 424 g/mol. The molecule has 0 radical (unpaired) electrons. The summed E-state index contributed by atoms with van der Waals surface area (Å²) in [5.74, 6) is 0.435. The highest BCUT2D eigenvalue weighted by Crippen LogP contribution is 2.30. The van der Waals surface area contributed by atoms with E-state index in [1.807, 2.05) is 24.3 Å². The van der Waals surface area contributed by atoms with Gasteiger partial charge in [0, 0.05) is 46.6 Å². The maximum Gasteiger partial charge on any atom is 0.337 e. The van der Waals surface area contributed by atoms with Gasteiger partial charge in [0.2, 0.25) is 0 Å². The van der Waals surface area contributed by atoms with Gasteiger partial charge in [0.05, 0.1) is 24.8 Å². The monoisotopic (exact) mass is 458 g/mol. The van der Waals surface area contributed by atoms with Gasteiger partial charge in [-0.3, -0.25) is 4.90 Å². The molecule has 1 aliphatic heterocycles. The third-order valence-electron chi connectivity index (χ3n) is 5.80. The van der Waals surface area contributed by atoms with Gasteiger partial charge >= 0.3 is 5.97 Å². The molecule has 1 fully saturated rings. The van der Waals surface area contributed by atoms with Crippen molar-refractivity contribution in [3.8, 4) is 5.75 Å². The van der Waals surface area contributed by atoms with Crippen LogP contribution in [0.25, 0.3) is 0 Å². The normalized spacial score (nSPS) is 17.0. The Balaban J connectivity index is 1.79. The summed E-state index contributed by atoms with van der Waals surface area (Å²) in [7, 11) is 6.69. The van der Waals surface area contributed by atoms with Crippen LogP contribution in [0, 0.1) is 0 Å². The average Bonchev–Trinajstić information content (AvgIpc) is 3.33. The molecule has 180 valence electrons. The van der Waals surface area contributed by atoms with Gasteiger partial charge in [-0.1, -0.05) is 12.1 Å². The molecule has 0 saturated carbocycles. The van der Waals surface area contributed by atoms with E-state index in [1.54, 1.807) is 26.4 Å². The zero-order valence-corrected chi connectivity index (χ0v) is 19.9. The molecule has 1 saturated heterocycles. The van der Waals surface area contributed by atoms with Crippen molar-refractivity contribution in [3.05, 3.63) is 59.7 Å². The van der Waals surface area contributed by atoms with Crippen molar-refractivity contribution in [3.63, 3.8) is 0 Å². The Hall–Kier alpha value is -2.65. The lowest BCUT2D eigenvalue weighted by Gasteiger charge is -2.33. The number of likely N-dealkylation sites (N-methyl/N-ethyl adjacent to an activating group) is 1. The smallest absolute Gasteiger partial charge is 0.337 e. The first-order valence-corrected chi connectivity index (χ1v) is 11.0. The minimum atomic E-state index is -0.339. The number of rotatable bonds is 12. The number of nitrogens with zero attached hydrogens (tertiary/aromatic N) is 2. The number of carbonyl (C=O) groups excluding carboxylic acids is 1. The largest absolute Gasteiger partial charge is 0.468 e. The summed E-state index contributed by atoms with van der Waals surface area (Å²) in [6.45, 7) is 3.01. The lowest BCUT2D eigenvalue weighted by Crippen LogP contribution is -2.36. The first-order valence-electron chi connectivity index (χ1n) is 11.0. The predicted molar refractivity (Wildman–Crippen MR) is 126 cm³/mol. The van der Waals surface area contributed by atoms with Gasteiger partial charge in [-0.25, -0.2) is 4.79 Å². The molecule has 0 aromatic heterocycles. The van der Waals surface area contributed by atoms with E-state index in [9.17, 15) is 4.79 Å². The van der Waals surface area contributed by atoms with Gasteiger partial charge in [0.15, 0.2) is 6.79 Å². The van der Waals surface area contributed by atoms with Crippen molar-refractivity contribution in [1.82, 2.24) is 4.90 Å². The van der Waals surface area contributed by atoms with Crippen LogP contribution in [-0.4, -0.2) is 78.6 Å². The summed E-state index contributed by atoms with van der Waals surface area (Å²) < 4.78 is 26.4. The van der Waals surface area contributed by atoms with Gasteiger partial charge in [-0.15, -0.1) is 0 Å². The summed E-state index contributed by atoms with van der Waals surface area (Å²) in [5, 5.41) is 0. The Morgan fingerprint density at radius 2 is 1.85 bits per heavy atom. The van der Waals surface area contributed by atoms with Crippen LogP contribution in [0.5, 0.6) is 5.75 Å². The topological polar surface area (TPSA) is 69.7 Å². The van der Waals surface area contributed by atoms with Crippen molar-refractivity contribution >= 4 is 11.7 Å². The summed E-state index contributed by atoms with van der Waals surface area (Å²) in [6.07, 6.45) is 1.10. The standard InChI is InChI=1S/C25H34N2O6/c1-26(21-10-8-19(9-11-21)25(28)31-4)16-24(27-13-12-23(15-27)33-18-30-3)20-6-5-7-22(14-20)32-17-29-2/h5-11,14,23-24H,12-13,15-18H2,1-4H3/t23-,24+/m0/s1. The van der Waals surface area contributed by atoms with E-state index in [0.29, 0.717) is 12.4 Å². The fourth-order valence-electron chi connectivity index (χ4n) is 4.04. The Bertz CT molecular complexity index is 875. The van der Waals surface area contributed by atoms with Crippen LogP contribution in [0.3, 0.4) is 0 Å². The zero-order chi connectivity index (χ0) is 23.6. The summed E-state index contributed by atoms with van der Waals surface area (Å²) in [6, 6.07) is 15.7. The van der Waals surface area contributed by atoms with Crippen molar-refractivity contribution in [2.45, 2.75) is 18.6 Å². The molecule has 0 amide bonds. The van der Waals surface area contributed by atoms with Crippen LogP contribution in [0.2, 0.25) is 0 Å². The van der Waals surface area contributed by atoms with Crippen LogP contribution in [0.15, 0.2) is 48.5 Å². The van der Waals surface area contributed by atoms with E-state index >= 15 is 0 Å². The fourth-order valence-corrected chi connectivity index (χ4v) is 4.04. The number of carbonyl (C=O) groups is 1. The summed E-state index contributed by atoms with van der Waals surface area (Å²) >= 11 is 0. The lowest BCUT2D eigenvalue weighted by atomic mass is 10.0. The molecule has 33 heavy (non-hydrogen) atoms.